The summed E-state index contributed by atoms with van der Waals surface area (Å²) >= 11 is 0. The van der Waals surface area contributed by atoms with E-state index in [1.54, 1.807) is 60.8 Å². The normalized spacial score (nSPS) is 10.4. The summed E-state index contributed by atoms with van der Waals surface area (Å²) in [5.74, 6) is -0.493. The van der Waals surface area contributed by atoms with Gasteiger partial charge in [0, 0.05) is 24.1 Å². The summed E-state index contributed by atoms with van der Waals surface area (Å²) in [6.45, 7) is 1.32. The number of carbonyl (C=O) groups excluding carboxylic acids is 3. The first-order valence-electron chi connectivity index (χ1n) is 7.25. The number of benzene rings is 2. The lowest BCUT2D eigenvalue weighted by molar-refractivity contribution is -0.131. The average Bonchev–Trinajstić information content (AvgIpc) is 2.98. The van der Waals surface area contributed by atoms with E-state index < -0.39 is 17.9 Å². The van der Waals surface area contributed by atoms with Gasteiger partial charge in [0.2, 0.25) is 0 Å². The van der Waals surface area contributed by atoms with Crippen LogP contribution in [0.15, 0.2) is 60.8 Å². The number of rotatable bonds is 2. The van der Waals surface area contributed by atoms with Crippen molar-refractivity contribution in [1.29, 1.82) is 0 Å². The zero-order chi connectivity index (χ0) is 17.1. The minimum Gasteiger partial charge on any atom is -0.427 e. The number of amides is 2. The molecule has 0 atom stereocenters. The lowest BCUT2D eigenvalue weighted by atomic mass is 10.2. The first-order chi connectivity index (χ1) is 11.5. The summed E-state index contributed by atoms with van der Waals surface area (Å²) in [4.78, 5) is 35.4. The second kappa shape index (κ2) is 6.37. The van der Waals surface area contributed by atoms with Gasteiger partial charge in [0.1, 0.15) is 5.75 Å². The van der Waals surface area contributed by atoms with Crippen LogP contribution in [0.5, 0.6) is 5.75 Å². The molecular formula is C18H14N2O4. The number of nitrogens with one attached hydrogen (secondary N) is 1. The molecule has 2 amide bonds. The van der Waals surface area contributed by atoms with Crippen molar-refractivity contribution in [3.05, 3.63) is 66.4 Å². The number of aromatic nitrogens is 1. The van der Waals surface area contributed by atoms with Gasteiger partial charge in [-0.15, -0.1) is 0 Å². The van der Waals surface area contributed by atoms with Gasteiger partial charge in [-0.3, -0.25) is 19.5 Å². The molecule has 6 nitrogen and oxygen atoms in total. The maximum Gasteiger partial charge on any atom is 0.332 e. The van der Waals surface area contributed by atoms with Crippen molar-refractivity contribution in [2.45, 2.75) is 6.92 Å². The summed E-state index contributed by atoms with van der Waals surface area (Å²) < 4.78 is 6.34. The molecule has 1 aromatic heterocycles. The molecule has 24 heavy (non-hydrogen) atoms. The predicted octanol–water partition coefficient (Wildman–Crippen LogP) is 2.96. The lowest BCUT2D eigenvalue weighted by Crippen LogP contribution is -2.33. The Bertz CT molecular complexity index is 929. The van der Waals surface area contributed by atoms with Crippen LogP contribution in [0.25, 0.3) is 10.9 Å². The molecule has 3 aromatic rings. The molecule has 0 aliphatic carbocycles. The minimum atomic E-state index is -0.556. The third kappa shape index (κ3) is 3.17. The first-order valence-corrected chi connectivity index (χ1v) is 7.25. The van der Waals surface area contributed by atoms with Crippen molar-refractivity contribution in [1.82, 2.24) is 9.88 Å². The highest BCUT2D eigenvalue weighted by Crippen LogP contribution is 2.22. The molecular weight excluding hydrogens is 308 g/mol. The van der Waals surface area contributed by atoms with Crippen molar-refractivity contribution in [2.24, 2.45) is 0 Å². The number of hydrogen-bond acceptors (Lipinski definition) is 4. The van der Waals surface area contributed by atoms with Gasteiger partial charge in [-0.1, -0.05) is 18.2 Å². The Morgan fingerprint density at radius 2 is 1.75 bits per heavy atom. The molecule has 0 fully saturated rings. The fourth-order valence-electron chi connectivity index (χ4n) is 2.35. The molecule has 0 bridgehead atoms. The molecule has 3 rings (SSSR count). The Balaban J connectivity index is 1.82. The predicted molar refractivity (Wildman–Crippen MR) is 87.9 cm³/mol. The first kappa shape index (κ1) is 15.5. The molecule has 0 radical (unpaired) electrons. The van der Waals surface area contributed by atoms with Crippen molar-refractivity contribution < 1.29 is 19.1 Å². The van der Waals surface area contributed by atoms with E-state index >= 15 is 0 Å². The SMILES string of the molecule is CC(=O)Oc1ccc2c(ccn2C(=O)NC(=O)c2ccccc2)c1. The van der Waals surface area contributed by atoms with Crippen LogP contribution >= 0.6 is 0 Å². The van der Waals surface area contributed by atoms with Crippen LogP contribution in [0, 0.1) is 0 Å². The Labute approximate surface area is 137 Å². The van der Waals surface area contributed by atoms with Gasteiger partial charge in [0.15, 0.2) is 0 Å². The van der Waals surface area contributed by atoms with Crippen molar-refractivity contribution in [3.63, 3.8) is 0 Å². The maximum atomic E-state index is 12.3. The topological polar surface area (TPSA) is 77.4 Å². The van der Waals surface area contributed by atoms with Crippen molar-refractivity contribution in [2.75, 3.05) is 0 Å². The monoisotopic (exact) mass is 322 g/mol. The summed E-state index contributed by atoms with van der Waals surface area (Å²) in [5.41, 5.74) is 1.00. The van der Waals surface area contributed by atoms with E-state index in [1.807, 2.05) is 0 Å². The number of ether oxygens (including phenoxy) is 1. The van der Waals surface area contributed by atoms with Crippen molar-refractivity contribution >= 4 is 28.8 Å². The van der Waals surface area contributed by atoms with E-state index in [0.29, 0.717) is 16.8 Å². The molecule has 0 spiro atoms. The zero-order valence-corrected chi connectivity index (χ0v) is 12.9. The summed E-state index contributed by atoms with van der Waals surface area (Å²) in [5, 5.41) is 3.06. The van der Waals surface area contributed by atoms with Gasteiger partial charge in [0.05, 0.1) is 5.52 Å². The third-order valence-electron chi connectivity index (χ3n) is 3.40. The molecule has 120 valence electrons. The number of esters is 1. The number of nitrogens with zero attached hydrogens (tertiary/aromatic N) is 1. The number of fused-ring (bicyclic) bond motifs is 1. The Kier molecular flexibility index (Phi) is 4.11. The second-order valence-electron chi connectivity index (χ2n) is 5.13. The number of hydrogen-bond donors (Lipinski definition) is 1. The highest BCUT2D eigenvalue weighted by Gasteiger charge is 2.14. The standard InChI is InChI=1S/C18H14N2O4/c1-12(21)24-15-7-8-16-14(11-15)9-10-20(16)18(23)19-17(22)13-5-3-2-4-6-13/h2-11H,1H3,(H,19,22,23). The fraction of sp³-hybridized carbons (Fsp3) is 0.0556. The zero-order valence-electron chi connectivity index (χ0n) is 12.9. The van der Waals surface area contributed by atoms with E-state index in [2.05, 4.69) is 5.32 Å². The summed E-state index contributed by atoms with van der Waals surface area (Å²) in [7, 11) is 0. The highest BCUT2D eigenvalue weighted by molar-refractivity contribution is 6.06. The summed E-state index contributed by atoms with van der Waals surface area (Å²) in [6.07, 6.45) is 1.55. The van der Waals surface area contributed by atoms with Gasteiger partial charge >= 0.3 is 12.0 Å². The van der Waals surface area contributed by atoms with Crippen LogP contribution < -0.4 is 10.1 Å². The van der Waals surface area contributed by atoms with Crippen LogP contribution in [0.3, 0.4) is 0 Å². The van der Waals surface area contributed by atoms with Crippen molar-refractivity contribution in [3.8, 4) is 5.75 Å². The molecule has 0 aliphatic rings. The minimum absolute atomic E-state index is 0.397. The van der Waals surface area contributed by atoms with Crippen LogP contribution in [0.1, 0.15) is 17.3 Å². The molecule has 1 N–H and O–H groups in total. The van der Waals surface area contributed by atoms with Crippen LogP contribution in [0.2, 0.25) is 0 Å². The average molecular weight is 322 g/mol. The van der Waals surface area contributed by atoms with E-state index in [9.17, 15) is 14.4 Å². The highest BCUT2D eigenvalue weighted by atomic mass is 16.5. The van der Waals surface area contributed by atoms with Gasteiger partial charge < -0.3 is 4.74 Å². The van der Waals surface area contributed by atoms with Gasteiger partial charge in [-0.05, 0) is 36.4 Å². The van der Waals surface area contributed by atoms with E-state index in [4.69, 9.17) is 4.74 Å². The fourth-order valence-corrected chi connectivity index (χ4v) is 2.35. The third-order valence-corrected chi connectivity index (χ3v) is 3.40. The molecule has 6 heteroatoms. The molecule has 0 saturated carbocycles. The molecule has 0 unspecified atom stereocenters. The Morgan fingerprint density at radius 3 is 2.46 bits per heavy atom. The smallest absolute Gasteiger partial charge is 0.332 e. The lowest BCUT2D eigenvalue weighted by Gasteiger charge is -2.07. The Hall–Kier alpha value is -3.41. The van der Waals surface area contributed by atoms with E-state index in [1.165, 1.54) is 11.5 Å². The van der Waals surface area contributed by atoms with E-state index in [-0.39, 0.29) is 0 Å². The van der Waals surface area contributed by atoms with Crippen LogP contribution in [0.4, 0.5) is 4.79 Å². The quantitative estimate of drug-likeness (QED) is 0.581. The number of carbonyl (C=O) groups is 3. The maximum absolute atomic E-state index is 12.3. The number of imide groups is 1. The largest absolute Gasteiger partial charge is 0.427 e. The molecule has 0 saturated heterocycles. The molecule has 0 aliphatic heterocycles. The van der Waals surface area contributed by atoms with Gasteiger partial charge in [0.25, 0.3) is 5.91 Å². The van der Waals surface area contributed by atoms with Crippen LogP contribution in [-0.2, 0) is 4.79 Å². The second-order valence-corrected chi connectivity index (χ2v) is 5.13. The van der Waals surface area contributed by atoms with Crippen LogP contribution in [-0.4, -0.2) is 22.5 Å². The summed E-state index contributed by atoms with van der Waals surface area (Å²) in [6, 6.07) is 14.5. The Morgan fingerprint density at radius 1 is 1.00 bits per heavy atom. The van der Waals surface area contributed by atoms with E-state index in [0.717, 1.165) is 5.39 Å². The molecule has 1 heterocycles. The van der Waals surface area contributed by atoms with Gasteiger partial charge in [-0.25, -0.2) is 4.79 Å². The molecule has 2 aromatic carbocycles. The van der Waals surface area contributed by atoms with Gasteiger partial charge in [-0.2, -0.15) is 0 Å².